The SMILES string of the molecule is Cc1c(N)ccc2c(-c3cccc4nn(C)cc34)nn(-c3ccc(F)nc3)c12.Cc1c([N+](=O)[O-])ccc2c(-c3cccc4nn(C)cc34)nn(-c3ccc(F)nc3)c12. The molecule has 0 atom stereocenters. The molecule has 10 rings (SSSR count). The zero-order valence-corrected chi connectivity index (χ0v) is 31.5. The molecule has 0 spiro atoms. The lowest BCUT2D eigenvalue weighted by Gasteiger charge is -2.07. The van der Waals surface area contributed by atoms with Gasteiger partial charge in [-0.25, -0.2) is 19.3 Å². The van der Waals surface area contributed by atoms with Crippen molar-refractivity contribution >= 4 is 55.0 Å². The van der Waals surface area contributed by atoms with Crippen LogP contribution in [0.2, 0.25) is 0 Å². The van der Waals surface area contributed by atoms with Gasteiger partial charge in [-0.2, -0.15) is 29.2 Å². The van der Waals surface area contributed by atoms with Gasteiger partial charge in [-0.1, -0.05) is 24.3 Å². The van der Waals surface area contributed by atoms with E-state index in [0.717, 1.165) is 60.5 Å². The number of anilines is 1. The fourth-order valence-corrected chi connectivity index (χ4v) is 7.43. The molecule has 0 radical (unpaired) electrons. The number of nitro benzene ring substituents is 1. The number of hydrogen-bond acceptors (Lipinski definition) is 9. The van der Waals surface area contributed by atoms with E-state index in [0.29, 0.717) is 33.8 Å². The van der Waals surface area contributed by atoms with Gasteiger partial charge in [-0.15, -0.1) is 0 Å². The summed E-state index contributed by atoms with van der Waals surface area (Å²) in [4.78, 5) is 18.6. The van der Waals surface area contributed by atoms with Gasteiger partial charge in [-0.3, -0.25) is 19.5 Å². The van der Waals surface area contributed by atoms with Crippen molar-refractivity contribution in [1.82, 2.24) is 49.1 Å². The van der Waals surface area contributed by atoms with Crippen LogP contribution >= 0.6 is 0 Å². The minimum Gasteiger partial charge on any atom is -0.398 e. The first-order valence-corrected chi connectivity index (χ1v) is 18.0. The number of nitrogens with zero attached hydrogens (tertiary/aromatic N) is 11. The second-order valence-electron chi connectivity index (χ2n) is 13.8. The van der Waals surface area contributed by atoms with Gasteiger partial charge in [0.1, 0.15) is 11.4 Å². The summed E-state index contributed by atoms with van der Waals surface area (Å²) in [6, 6.07) is 24.5. The number of aryl methyl sites for hydroxylation is 4. The van der Waals surface area contributed by atoms with Crippen molar-refractivity contribution in [2.75, 3.05) is 5.73 Å². The molecule has 0 unspecified atom stereocenters. The molecule has 6 aromatic heterocycles. The van der Waals surface area contributed by atoms with E-state index < -0.39 is 16.8 Å². The quantitative estimate of drug-likeness (QED) is 0.0783. The molecule has 0 bridgehead atoms. The monoisotopic (exact) mass is 774 g/mol. The molecule has 286 valence electrons. The molecule has 2 N–H and O–H groups in total. The molecule has 0 fully saturated rings. The maximum atomic E-state index is 13.4. The summed E-state index contributed by atoms with van der Waals surface area (Å²) >= 11 is 0. The molecule has 14 nitrogen and oxygen atoms in total. The predicted octanol–water partition coefficient (Wildman–Crippen LogP) is 8.33. The largest absolute Gasteiger partial charge is 0.398 e. The zero-order chi connectivity index (χ0) is 40.4. The number of benzene rings is 4. The Labute approximate surface area is 327 Å². The van der Waals surface area contributed by atoms with Gasteiger partial charge in [0.25, 0.3) is 5.69 Å². The molecule has 0 aliphatic rings. The van der Waals surface area contributed by atoms with E-state index in [9.17, 15) is 18.9 Å². The van der Waals surface area contributed by atoms with Crippen molar-refractivity contribution in [1.29, 1.82) is 0 Å². The number of aromatic nitrogens is 10. The standard InChI is InChI=1S/C21H15FN6O2.C21H17FN6/c1-12-18(28(29)30)8-7-15-20(14-4-3-5-17-16(14)11-26(2)24-17)25-27(21(12)15)13-6-9-19(22)23-10-13;1-12-17(23)8-7-15-20(14-4-3-5-18-16(14)11-27(2)25-18)26-28(21(12)15)13-6-9-19(22)24-10-13/h3-11H,1-2H3;3-11H,23H2,1-2H3. The number of halogens is 2. The Morgan fingerprint density at radius 3 is 1.55 bits per heavy atom. The molecule has 0 aliphatic carbocycles. The number of nitro groups is 1. The molecule has 0 aliphatic heterocycles. The summed E-state index contributed by atoms with van der Waals surface area (Å²) in [6.07, 6.45) is 6.72. The highest BCUT2D eigenvalue weighted by Gasteiger charge is 2.24. The van der Waals surface area contributed by atoms with Gasteiger partial charge in [0, 0.05) is 70.9 Å². The number of nitrogens with two attached hydrogens (primary N) is 1. The minimum absolute atomic E-state index is 0.00939. The Morgan fingerprint density at radius 1 is 0.603 bits per heavy atom. The van der Waals surface area contributed by atoms with Crippen molar-refractivity contribution in [3.63, 3.8) is 0 Å². The van der Waals surface area contributed by atoms with Crippen LogP contribution in [0, 0.1) is 35.9 Å². The predicted molar refractivity (Wildman–Crippen MR) is 218 cm³/mol. The molecule has 0 saturated carbocycles. The first kappa shape index (κ1) is 35.8. The van der Waals surface area contributed by atoms with E-state index in [1.807, 2.05) is 81.9 Å². The second kappa shape index (κ2) is 13.7. The molecule has 0 amide bonds. The van der Waals surface area contributed by atoms with Gasteiger partial charge in [0.05, 0.1) is 56.3 Å². The Morgan fingerprint density at radius 2 is 1.09 bits per heavy atom. The molecule has 16 heteroatoms. The average Bonchev–Trinajstić information content (AvgIpc) is 3.99. The van der Waals surface area contributed by atoms with E-state index in [1.165, 1.54) is 30.6 Å². The summed E-state index contributed by atoms with van der Waals surface area (Å²) in [5, 5.41) is 33.8. The van der Waals surface area contributed by atoms with Crippen LogP contribution < -0.4 is 5.73 Å². The third-order valence-corrected chi connectivity index (χ3v) is 10.2. The van der Waals surface area contributed by atoms with Gasteiger partial charge in [0.15, 0.2) is 0 Å². The molecular formula is C42H32F2N12O2. The normalized spacial score (nSPS) is 11.5. The van der Waals surface area contributed by atoms with E-state index in [2.05, 4.69) is 20.2 Å². The summed E-state index contributed by atoms with van der Waals surface area (Å²) in [5.41, 5.74) is 15.9. The lowest BCUT2D eigenvalue weighted by atomic mass is 10.0. The minimum atomic E-state index is -0.613. The maximum Gasteiger partial charge on any atom is 0.274 e. The molecule has 6 heterocycles. The fourth-order valence-electron chi connectivity index (χ4n) is 7.43. The number of fused-ring (bicyclic) bond motifs is 4. The summed E-state index contributed by atoms with van der Waals surface area (Å²) < 4.78 is 33.6. The molecule has 58 heavy (non-hydrogen) atoms. The van der Waals surface area contributed by atoms with Gasteiger partial charge < -0.3 is 5.73 Å². The third-order valence-electron chi connectivity index (χ3n) is 10.2. The first-order valence-electron chi connectivity index (χ1n) is 18.0. The number of pyridine rings is 2. The summed E-state index contributed by atoms with van der Waals surface area (Å²) in [5.74, 6) is -1.14. The zero-order valence-electron chi connectivity index (χ0n) is 31.5. The van der Waals surface area contributed by atoms with Crippen molar-refractivity contribution in [3.8, 4) is 33.9 Å². The Kier molecular flexibility index (Phi) is 8.46. The van der Waals surface area contributed by atoms with Crippen LogP contribution in [-0.4, -0.2) is 54.0 Å². The van der Waals surface area contributed by atoms with Crippen LogP contribution in [0.3, 0.4) is 0 Å². The number of nitrogen functional groups attached to an aromatic ring is 1. The van der Waals surface area contributed by atoms with Gasteiger partial charge >= 0.3 is 0 Å². The lowest BCUT2D eigenvalue weighted by molar-refractivity contribution is -0.385. The molecule has 0 saturated heterocycles. The van der Waals surface area contributed by atoms with Crippen LogP contribution in [-0.2, 0) is 14.1 Å². The Bertz CT molecular complexity index is 3240. The van der Waals surface area contributed by atoms with Crippen LogP contribution in [0.5, 0.6) is 0 Å². The van der Waals surface area contributed by atoms with E-state index >= 15 is 0 Å². The topological polar surface area (TPSA) is 166 Å². The highest BCUT2D eigenvalue weighted by Crippen LogP contribution is 2.39. The van der Waals surface area contributed by atoms with E-state index in [-0.39, 0.29) is 5.69 Å². The second-order valence-corrected chi connectivity index (χ2v) is 13.8. The summed E-state index contributed by atoms with van der Waals surface area (Å²) in [6.45, 7) is 3.64. The highest BCUT2D eigenvalue weighted by molar-refractivity contribution is 6.05. The number of hydrogen-bond donors (Lipinski definition) is 1. The van der Waals surface area contributed by atoms with E-state index in [1.54, 1.807) is 43.9 Å². The lowest BCUT2D eigenvalue weighted by Crippen LogP contribution is -2.00. The van der Waals surface area contributed by atoms with Crippen LogP contribution in [0.15, 0.2) is 110 Å². The number of rotatable bonds is 5. The van der Waals surface area contributed by atoms with Crippen molar-refractivity contribution in [2.24, 2.45) is 14.1 Å². The van der Waals surface area contributed by atoms with E-state index in [4.69, 9.17) is 15.9 Å². The molecular weight excluding hydrogens is 743 g/mol. The fraction of sp³-hybridized carbons (Fsp3) is 0.0952. The smallest absolute Gasteiger partial charge is 0.274 e. The Balaban J connectivity index is 0.000000151. The van der Waals surface area contributed by atoms with Crippen molar-refractivity contribution < 1.29 is 13.7 Å². The first-order chi connectivity index (χ1) is 28.0. The third kappa shape index (κ3) is 5.94. The molecule has 4 aromatic carbocycles. The van der Waals surface area contributed by atoms with Gasteiger partial charge in [0.2, 0.25) is 11.9 Å². The van der Waals surface area contributed by atoms with Crippen LogP contribution in [0.1, 0.15) is 11.1 Å². The van der Waals surface area contributed by atoms with Crippen LogP contribution in [0.25, 0.3) is 77.5 Å². The van der Waals surface area contributed by atoms with Crippen LogP contribution in [0.4, 0.5) is 20.2 Å². The van der Waals surface area contributed by atoms with Crippen molar-refractivity contribution in [3.05, 3.63) is 143 Å². The average molecular weight is 775 g/mol. The summed E-state index contributed by atoms with van der Waals surface area (Å²) in [7, 11) is 3.74. The molecule has 10 aromatic rings. The van der Waals surface area contributed by atoms with Crippen molar-refractivity contribution in [2.45, 2.75) is 13.8 Å². The highest BCUT2D eigenvalue weighted by atomic mass is 19.1. The Hall–Kier alpha value is -7.88. The maximum absolute atomic E-state index is 13.4. The van der Waals surface area contributed by atoms with Gasteiger partial charge in [-0.05, 0) is 74.0 Å².